The van der Waals surface area contributed by atoms with Gasteiger partial charge in [0, 0.05) is 18.7 Å². The lowest BCUT2D eigenvalue weighted by atomic mass is 9.81. The standard InChI is InChI=1S/C26H36N2O8S/c1-3-34-26(31)17-36-22-10-6-19(7-11-22)18-4-8-20(9-5-18)27-15-21(29)16-35-23-12-13-25(30)24(14-23)28-37(2,32)33/h6-7,10-14,18,20-21,27-30H,3-5,8-9,15-17H2,1-2H3. The molecule has 0 spiro atoms. The summed E-state index contributed by atoms with van der Waals surface area (Å²) in [5.41, 5.74) is 1.26. The summed E-state index contributed by atoms with van der Waals surface area (Å²) >= 11 is 0. The topological polar surface area (TPSA) is 143 Å². The molecule has 37 heavy (non-hydrogen) atoms. The molecule has 0 aromatic heterocycles. The van der Waals surface area contributed by atoms with E-state index in [9.17, 15) is 23.4 Å². The van der Waals surface area contributed by atoms with Crippen LogP contribution in [0.15, 0.2) is 42.5 Å². The lowest BCUT2D eigenvalue weighted by Gasteiger charge is -2.30. The number of aromatic hydroxyl groups is 1. The molecular formula is C26H36N2O8S. The van der Waals surface area contributed by atoms with E-state index in [1.165, 1.54) is 23.8 Å². The van der Waals surface area contributed by atoms with Gasteiger partial charge in [0.2, 0.25) is 10.0 Å². The van der Waals surface area contributed by atoms with Crippen molar-refractivity contribution < 1.29 is 37.6 Å². The Morgan fingerprint density at radius 2 is 1.73 bits per heavy atom. The van der Waals surface area contributed by atoms with Crippen molar-refractivity contribution in [1.29, 1.82) is 0 Å². The third kappa shape index (κ3) is 9.75. The number of benzene rings is 2. The van der Waals surface area contributed by atoms with Crippen molar-refractivity contribution in [2.45, 2.75) is 50.7 Å². The Morgan fingerprint density at radius 3 is 2.38 bits per heavy atom. The van der Waals surface area contributed by atoms with E-state index in [1.807, 2.05) is 24.3 Å². The molecule has 0 heterocycles. The highest BCUT2D eigenvalue weighted by molar-refractivity contribution is 7.92. The molecule has 2 aromatic carbocycles. The van der Waals surface area contributed by atoms with E-state index in [2.05, 4.69) is 10.0 Å². The number of anilines is 1. The highest BCUT2D eigenvalue weighted by atomic mass is 32.2. The number of hydrogen-bond donors (Lipinski definition) is 4. The Labute approximate surface area is 218 Å². The zero-order valence-corrected chi connectivity index (χ0v) is 22.0. The Kier molecular flexibility index (Phi) is 10.4. The van der Waals surface area contributed by atoms with E-state index in [1.54, 1.807) is 6.92 Å². The summed E-state index contributed by atoms with van der Waals surface area (Å²) < 4.78 is 40.9. The zero-order chi connectivity index (χ0) is 26.8. The van der Waals surface area contributed by atoms with Gasteiger partial charge in [0.05, 0.1) is 18.6 Å². The largest absolute Gasteiger partial charge is 0.506 e. The number of sulfonamides is 1. The maximum absolute atomic E-state index is 11.4. The molecule has 1 unspecified atom stereocenters. The fourth-order valence-corrected chi connectivity index (χ4v) is 4.82. The molecule has 11 heteroatoms. The number of rotatable bonds is 13. The molecule has 204 valence electrons. The van der Waals surface area contributed by atoms with Crippen molar-refractivity contribution in [3.63, 3.8) is 0 Å². The van der Waals surface area contributed by atoms with Gasteiger partial charge in [-0.1, -0.05) is 12.1 Å². The van der Waals surface area contributed by atoms with E-state index >= 15 is 0 Å². The molecule has 1 aliphatic carbocycles. The number of aliphatic hydroxyl groups excluding tert-OH is 1. The van der Waals surface area contributed by atoms with Crippen LogP contribution in [0, 0.1) is 0 Å². The summed E-state index contributed by atoms with van der Waals surface area (Å²) in [4.78, 5) is 11.4. The van der Waals surface area contributed by atoms with Crippen LogP contribution in [0.2, 0.25) is 0 Å². The first-order chi connectivity index (χ1) is 17.6. The van der Waals surface area contributed by atoms with Crippen LogP contribution < -0.4 is 19.5 Å². The number of phenols is 1. The quantitative estimate of drug-likeness (QED) is 0.224. The maximum Gasteiger partial charge on any atom is 0.344 e. The minimum absolute atomic E-state index is 0.0169. The van der Waals surface area contributed by atoms with Crippen LogP contribution in [0.1, 0.15) is 44.1 Å². The van der Waals surface area contributed by atoms with Gasteiger partial charge in [-0.2, -0.15) is 0 Å². The average Bonchev–Trinajstić information content (AvgIpc) is 2.87. The van der Waals surface area contributed by atoms with Gasteiger partial charge in [-0.25, -0.2) is 13.2 Å². The number of hydrogen-bond acceptors (Lipinski definition) is 9. The van der Waals surface area contributed by atoms with Crippen molar-refractivity contribution in [2.75, 3.05) is 37.3 Å². The van der Waals surface area contributed by atoms with E-state index in [0.29, 0.717) is 36.6 Å². The van der Waals surface area contributed by atoms with E-state index < -0.39 is 16.1 Å². The molecule has 10 nitrogen and oxygen atoms in total. The van der Waals surface area contributed by atoms with Gasteiger partial charge in [-0.05, 0) is 68.4 Å². The lowest BCUT2D eigenvalue weighted by Crippen LogP contribution is -2.39. The number of phenolic OH excluding ortho intramolecular Hbond substituents is 1. The molecule has 0 radical (unpaired) electrons. The van der Waals surface area contributed by atoms with Crippen LogP contribution in [0.5, 0.6) is 17.2 Å². The van der Waals surface area contributed by atoms with E-state index in [0.717, 1.165) is 31.9 Å². The van der Waals surface area contributed by atoms with Gasteiger partial charge in [0.15, 0.2) is 6.61 Å². The molecule has 1 saturated carbocycles. The number of ether oxygens (including phenoxy) is 3. The summed E-state index contributed by atoms with van der Waals surface area (Å²) in [5, 5.41) is 23.5. The Hall–Kier alpha value is -3.02. The minimum Gasteiger partial charge on any atom is -0.506 e. The Balaban J connectivity index is 1.37. The second-order valence-corrected chi connectivity index (χ2v) is 10.9. The maximum atomic E-state index is 11.4. The lowest BCUT2D eigenvalue weighted by molar-refractivity contribution is -0.145. The van der Waals surface area contributed by atoms with Gasteiger partial charge in [0.25, 0.3) is 0 Å². The first kappa shape index (κ1) is 28.5. The van der Waals surface area contributed by atoms with Crippen LogP contribution >= 0.6 is 0 Å². The third-order valence-corrected chi connectivity index (χ3v) is 6.68. The van der Waals surface area contributed by atoms with Gasteiger partial charge in [0.1, 0.15) is 30.0 Å². The van der Waals surface area contributed by atoms with Crippen molar-refractivity contribution in [1.82, 2.24) is 5.32 Å². The normalized spacial score (nSPS) is 18.6. The number of carbonyl (C=O) groups is 1. The minimum atomic E-state index is -3.55. The van der Waals surface area contributed by atoms with Crippen LogP contribution in [0.25, 0.3) is 0 Å². The molecule has 2 aromatic rings. The molecule has 0 bridgehead atoms. The summed E-state index contributed by atoms with van der Waals surface area (Å²) in [7, 11) is -3.55. The van der Waals surface area contributed by atoms with Crippen LogP contribution in [0.4, 0.5) is 5.69 Å². The number of nitrogens with one attached hydrogen (secondary N) is 2. The Morgan fingerprint density at radius 1 is 1.05 bits per heavy atom. The zero-order valence-electron chi connectivity index (χ0n) is 21.2. The van der Waals surface area contributed by atoms with Crippen molar-refractivity contribution in [3.05, 3.63) is 48.0 Å². The molecule has 1 aliphatic rings. The van der Waals surface area contributed by atoms with Gasteiger partial charge < -0.3 is 29.7 Å². The highest BCUT2D eigenvalue weighted by Gasteiger charge is 2.23. The predicted octanol–water partition coefficient (Wildman–Crippen LogP) is 2.76. The first-order valence-corrected chi connectivity index (χ1v) is 14.3. The highest BCUT2D eigenvalue weighted by Crippen LogP contribution is 2.33. The van der Waals surface area contributed by atoms with E-state index in [-0.39, 0.29) is 30.6 Å². The molecule has 1 fully saturated rings. The fraction of sp³-hybridized carbons (Fsp3) is 0.500. The monoisotopic (exact) mass is 536 g/mol. The molecule has 4 N–H and O–H groups in total. The van der Waals surface area contributed by atoms with Gasteiger partial charge in [-0.15, -0.1) is 0 Å². The van der Waals surface area contributed by atoms with Crippen LogP contribution in [-0.4, -0.2) is 69.4 Å². The third-order valence-electron chi connectivity index (χ3n) is 6.09. The van der Waals surface area contributed by atoms with E-state index in [4.69, 9.17) is 14.2 Å². The average molecular weight is 537 g/mol. The predicted molar refractivity (Wildman–Crippen MR) is 140 cm³/mol. The molecule has 0 saturated heterocycles. The molecule has 1 atom stereocenters. The van der Waals surface area contributed by atoms with Crippen LogP contribution in [0.3, 0.4) is 0 Å². The number of esters is 1. The molecule has 3 rings (SSSR count). The molecule has 0 amide bonds. The smallest absolute Gasteiger partial charge is 0.344 e. The summed E-state index contributed by atoms with van der Waals surface area (Å²) in [5.74, 6) is 0.827. The van der Waals surface area contributed by atoms with Gasteiger partial charge >= 0.3 is 5.97 Å². The SMILES string of the molecule is CCOC(=O)COc1ccc(C2CCC(NCC(O)COc3ccc(O)c(NS(C)(=O)=O)c3)CC2)cc1. The Bertz CT molecular complexity index is 1120. The second-order valence-electron chi connectivity index (χ2n) is 9.14. The van der Waals surface area contributed by atoms with Crippen LogP contribution in [-0.2, 0) is 19.6 Å². The second kappa shape index (κ2) is 13.5. The molecular weight excluding hydrogens is 500 g/mol. The van der Waals surface area contributed by atoms with Gasteiger partial charge in [-0.3, -0.25) is 4.72 Å². The van der Waals surface area contributed by atoms with Crippen molar-refractivity contribution in [3.8, 4) is 17.2 Å². The summed E-state index contributed by atoms with van der Waals surface area (Å²) in [6, 6.07) is 12.3. The summed E-state index contributed by atoms with van der Waals surface area (Å²) in [6.45, 7) is 2.38. The number of aliphatic hydroxyl groups is 1. The van der Waals surface area contributed by atoms with Crippen molar-refractivity contribution >= 4 is 21.7 Å². The first-order valence-electron chi connectivity index (χ1n) is 12.4. The summed E-state index contributed by atoms with van der Waals surface area (Å²) in [6.07, 6.45) is 4.26. The fourth-order valence-electron chi connectivity index (χ4n) is 4.25. The molecule has 0 aliphatic heterocycles. The van der Waals surface area contributed by atoms with Crippen molar-refractivity contribution in [2.24, 2.45) is 0 Å². The number of carbonyl (C=O) groups excluding carboxylic acids is 1.